The molecular formula is C13H8N4S. The Bertz CT molecular complexity index is 951. The van der Waals surface area contributed by atoms with Gasteiger partial charge in [-0.15, -0.1) is 11.3 Å². The number of fused-ring (bicyclic) bond motifs is 2. The van der Waals surface area contributed by atoms with Crippen molar-refractivity contribution < 1.29 is 0 Å². The quantitative estimate of drug-likeness (QED) is 0.373. The van der Waals surface area contributed by atoms with Crippen molar-refractivity contribution in [3.8, 4) is 0 Å². The second-order valence-corrected chi connectivity index (χ2v) is 5.11. The van der Waals surface area contributed by atoms with Crippen molar-refractivity contribution >= 4 is 42.7 Å². The Labute approximate surface area is 105 Å². The SMILES string of the molecule is N=c1nc2cc[nH]c3sc4ccccc4c(n1)c23. The maximum absolute atomic E-state index is 7.72. The third kappa shape index (κ3) is 1.22. The highest BCUT2D eigenvalue weighted by molar-refractivity contribution is 7.24. The number of aromatic nitrogens is 3. The monoisotopic (exact) mass is 252 g/mol. The molecule has 0 spiro atoms. The largest absolute Gasteiger partial charge is 0.353 e. The number of rotatable bonds is 0. The summed E-state index contributed by atoms with van der Waals surface area (Å²) in [5.74, 6) is 0. The van der Waals surface area contributed by atoms with Crippen LogP contribution in [-0.2, 0) is 0 Å². The normalized spacial score (nSPS) is 11.6. The molecule has 1 aromatic carbocycles. The maximum atomic E-state index is 7.72. The molecule has 0 amide bonds. The minimum atomic E-state index is 0.0661. The van der Waals surface area contributed by atoms with Gasteiger partial charge < -0.3 is 4.98 Å². The lowest BCUT2D eigenvalue weighted by atomic mass is 10.2. The molecule has 3 heterocycles. The van der Waals surface area contributed by atoms with Gasteiger partial charge in [0.15, 0.2) is 0 Å². The van der Waals surface area contributed by atoms with Gasteiger partial charge in [-0.2, -0.15) is 0 Å². The van der Waals surface area contributed by atoms with Crippen LogP contribution in [0.4, 0.5) is 0 Å². The zero-order valence-electron chi connectivity index (χ0n) is 9.27. The van der Waals surface area contributed by atoms with Crippen LogP contribution in [0, 0.1) is 5.41 Å². The topological polar surface area (TPSA) is 65.4 Å². The van der Waals surface area contributed by atoms with Crippen LogP contribution < -0.4 is 5.62 Å². The summed E-state index contributed by atoms with van der Waals surface area (Å²) in [5.41, 5.74) is 1.74. The molecule has 3 aromatic heterocycles. The summed E-state index contributed by atoms with van der Waals surface area (Å²) in [5, 5.41) is 9.81. The molecule has 0 unspecified atom stereocenters. The molecule has 4 aromatic rings. The Morgan fingerprint density at radius 2 is 2.00 bits per heavy atom. The van der Waals surface area contributed by atoms with Crippen molar-refractivity contribution in [1.29, 1.82) is 5.41 Å². The summed E-state index contributed by atoms with van der Waals surface area (Å²) < 4.78 is 1.16. The Hall–Kier alpha value is -2.27. The van der Waals surface area contributed by atoms with E-state index in [1.807, 2.05) is 30.5 Å². The Balaban J connectivity index is 2.47. The molecule has 0 aliphatic rings. The van der Waals surface area contributed by atoms with Gasteiger partial charge in [-0.1, -0.05) is 18.2 Å². The van der Waals surface area contributed by atoms with Gasteiger partial charge in [0.25, 0.3) is 0 Å². The number of H-pyrrole nitrogens is 1. The minimum absolute atomic E-state index is 0.0661. The molecule has 0 aliphatic heterocycles. The third-order valence-corrected chi connectivity index (χ3v) is 4.08. The number of aromatic amines is 1. The predicted molar refractivity (Wildman–Crippen MR) is 72.6 cm³/mol. The van der Waals surface area contributed by atoms with Crippen molar-refractivity contribution in [1.82, 2.24) is 15.0 Å². The van der Waals surface area contributed by atoms with Crippen molar-refractivity contribution in [2.75, 3.05) is 0 Å². The Kier molecular flexibility index (Phi) is 1.82. The van der Waals surface area contributed by atoms with Gasteiger partial charge >= 0.3 is 0 Å². The van der Waals surface area contributed by atoms with E-state index in [4.69, 9.17) is 5.41 Å². The van der Waals surface area contributed by atoms with Crippen LogP contribution in [-0.4, -0.2) is 15.0 Å². The van der Waals surface area contributed by atoms with Crippen LogP contribution in [0.2, 0.25) is 0 Å². The molecule has 4 rings (SSSR count). The minimum Gasteiger partial charge on any atom is -0.353 e. The van der Waals surface area contributed by atoms with E-state index < -0.39 is 0 Å². The van der Waals surface area contributed by atoms with Crippen LogP contribution in [0.1, 0.15) is 0 Å². The molecule has 4 nitrogen and oxygen atoms in total. The van der Waals surface area contributed by atoms with Gasteiger partial charge in [-0.3, -0.25) is 5.41 Å². The molecule has 2 N–H and O–H groups in total. The Morgan fingerprint density at radius 1 is 1.11 bits per heavy atom. The lowest BCUT2D eigenvalue weighted by molar-refractivity contribution is 1.02. The molecule has 0 aliphatic carbocycles. The van der Waals surface area contributed by atoms with E-state index in [0.29, 0.717) is 0 Å². The lowest BCUT2D eigenvalue weighted by Crippen LogP contribution is -2.10. The highest BCUT2D eigenvalue weighted by atomic mass is 32.1. The maximum Gasteiger partial charge on any atom is 0.242 e. The van der Waals surface area contributed by atoms with E-state index in [0.717, 1.165) is 31.3 Å². The number of hydrogen-bond acceptors (Lipinski definition) is 4. The van der Waals surface area contributed by atoms with Crippen molar-refractivity contribution in [3.63, 3.8) is 0 Å². The fraction of sp³-hybridized carbons (Fsp3) is 0. The first-order valence-electron chi connectivity index (χ1n) is 5.54. The molecule has 5 heteroatoms. The number of benzene rings is 1. The Morgan fingerprint density at radius 3 is 2.94 bits per heavy atom. The molecule has 0 fully saturated rings. The standard InChI is InChI=1S/C13H8N4S/c14-13-16-8-5-6-15-12-10(8)11(17-13)7-3-1-2-4-9(7)18-12/h1-6,14-15H. The zero-order valence-corrected chi connectivity index (χ0v) is 10.1. The van der Waals surface area contributed by atoms with Gasteiger partial charge in [0.1, 0.15) is 4.83 Å². The first kappa shape index (κ1) is 9.73. The first-order chi connectivity index (χ1) is 8.83. The van der Waals surface area contributed by atoms with Crippen LogP contribution in [0.3, 0.4) is 0 Å². The zero-order chi connectivity index (χ0) is 12.1. The van der Waals surface area contributed by atoms with Gasteiger partial charge in [-0.05, 0) is 12.1 Å². The number of nitrogens with one attached hydrogen (secondary N) is 2. The average molecular weight is 252 g/mol. The van der Waals surface area contributed by atoms with E-state index in [1.54, 1.807) is 11.3 Å². The fourth-order valence-corrected chi connectivity index (χ4v) is 3.30. The first-order valence-corrected chi connectivity index (χ1v) is 6.36. The summed E-state index contributed by atoms with van der Waals surface area (Å²) in [6.07, 6.45) is 1.86. The highest BCUT2D eigenvalue weighted by Gasteiger charge is 2.09. The molecule has 0 saturated carbocycles. The van der Waals surface area contributed by atoms with E-state index >= 15 is 0 Å². The van der Waals surface area contributed by atoms with E-state index in [2.05, 4.69) is 21.0 Å². The van der Waals surface area contributed by atoms with Crippen LogP contribution >= 0.6 is 11.3 Å². The van der Waals surface area contributed by atoms with Gasteiger partial charge in [0, 0.05) is 16.3 Å². The predicted octanol–water partition coefficient (Wildman–Crippen LogP) is 2.81. The van der Waals surface area contributed by atoms with E-state index in [9.17, 15) is 0 Å². The molecule has 0 atom stereocenters. The smallest absolute Gasteiger partial charge is 0.242 e. The molecular weight excluding hydrogens is 244 g/mol. The van der Waals surface area contributed by atoms with Crippen molar-refractivity contribution in [2.24, 2.45) is 0 Å². The van der Waals surface area contributed by atoms with Crippen LogP contribution in [0.15, 0.2) is 36.5 Å². The lowest BCUT2D eigenvalue weighted by Gasteiger charge is -2.06. The summed E-state index contributed by atoms with van der Waals surface area (Å²) in [6.45, 7) is 0. The average Bonchev–Trinajstić information content (AvgIpc) is 2.38. The number of nitrogens with zero attached hydrogens (tertiary/aromatic N) is 2. The van der Waals surface area contributed by atoms with Gasteiger partial charge in [-0.25, -0.2) is 9.97 Å². The summed E-state index contributed by atoms with van der Waals surface area (Å²) in [6, 6.07) is 10.0. The second kappa shape index (κ2) is 3.36. The molecule has 0 radical (unpaired) electrons. The highest BCUT2D eigenvalue weighted by Crippen LogP contribution is 2.32. The molecule has 18 heavy (non-hydrogen) atoms. The molecule has 86 valence electrons. The van der Waals surface area contributed by atoms with E-state index in [1.165, 1.54) is 0 Å². The second-order valence-electron chi connectivity index (χ2n) is 4.06. The molecule has 0 bridgehead atoms. The fourth-order valence-electron chi connectivity index (χ4n) is 2.23. The van der Waals surface area contributed by atoms with Crippen LogP contribution in [0.25, 0.3) is 31.3 Å². The van der Waals surface area contributed by atoms with Gasteiger partial charge in [0.2, 0.25) is 5.62 Å². The number of hydrogen-bond donors (Lipinski definition) is 2. The molecule has 0 saturated heterocycles. The number of pyridine rings is 1. The van der Waals surface area contributed by atoms with Crippen molar-refractivity contribution in [3.05, 3.63) is 42.1 Å². The van der Waals surface area contributed by atoms with E-state index in [-0.39, 0.29) is 5.62 Å². The van der Waals surface area contributed by atoms with Gasteiger partial charge in [0.05, 0.1) is 16.4 Å². The summed E-state index contributed by atoms with van der Waals surface area (Å²) >= 11 is 1.68. The van der Waals surface area contributed by atoms with Crippen molar-refractivity contribution in [2.45, 2.75) is 0 Å². The summed E-state index contributed by atoms with van der Waals surface area (Å²) in [4.78, 5) is 12.7. The third-order valence-electron chi connectivity index (χ3n) is 2.97. The van der Waals surface area contributed by atoms with Crippen LogP contribution in [0.5, 0.6) is 0 Å². The summed E-state index contributed by atoms with van der Waals surface area (Å²) in [7, 11) is 0.